The van der Waals surface area contributed by atoms with Gasteiger partial charge in [0.1, 0.15) is 5.75 Å². The van der Waals surface area contributed by atoms with Gasteiger partial charge < -0.3 is 10.1 Å². The van der Waals surface area contributed by atoms with Crippen molar-refractivity contribution in [3.63, 3.8) is 0 Å². The van der Waals surface area contributed by atoms with Gasteiger partial charge in [-0.3, -0.25) is 0 Å². The molecule has 1 rings (SSSR count). The number of rotatable bonds is 8. The van der Waals surface area contributed by atoms with Crippen LogP contribution >= 0.6 is 0 Å². The molecule has 0 amide bonds. The summed E-state index contributed by atoms with van der Waals surface area (Å²) in [5, 5.41) is 3.44. The first-order valence-electron chi connectivity index (χ1n) is 6.62. The van der Waals surface area contributed by atoms with Gasteiger partial charge in [0.15, 0.2) is 0 Å². The Morgan fingerprint density at radius 3 is 2.47 bits per heavy atom. The number of unbranched alkanes of at least 4 members (excludes halogenated alkanes) is 1. The van der Waals surface area contributed by atoms with E-state index in [1.165, 1.54) is 31.2 Å². The molecule has 0 spiro atoms. The molecule has 0 saturated heterocycles. The minimum atomic E-state index is 0.649. The number of aryl methyl sites for hydroxylation is 1. The number of ether oxygens (including phenoxy) is 1. The van der Waals surface area contributed by atoms with E-state index in [4.69, 9.17) is 4.74 Å². The van der Waals surface area contributed by atoms with Gasteiger partial charge in [-0.2, -0.15) is 0 Å². The van der Waals surface area contributed by atoms with E-state index in [2.05, 4.69) is 31.3 Å². The summed E-state index contributed by atoms with van der Waals surface area (Å²) in [6, 6.07) is 9.04. The monoisotopic (exact) mass is 235 g/mol. The van der Waals surface area contributed by atoms with Crippen molar-refractivity contribution in [3.05, 3.63) is 29.8 Å². The van der Waals surface area contributed by atoms with Gasteiger partial charge in [0.05, 0.1) is 7.11 Å². The van der Waals surface area contributed by atoms with E-state index in [1.807, 2.05) is 12.1 Å². The molecule has 0 aromatic heterocycles. The maximum Gasteiger partial charge on any atom is 0.118 e. The standard InChI is InChI=1S/C15H25NO/c1-4-16-13(2)7-5-6-8-14-9-11-15(17-3)12-10-14/h9-13,16H,4-8H2,1-3H3. The fourth-order valence-corrected chi connectivity index (χ4v) is 2.02. The molecule has 0 heterocycles. The van der Waals surface area contributed by atoms with Crippen LogP contribution in [0.1, 0.15) is 38.7 Å². The van der Waals surface area contributed by atoms with Crippen LogP contribution in [0.3, 0.4) is 0 Å². The molecular formula is C15H25NO. The highest BCUT2D eigenvalue weighted by Crippen LogP contribution is 2.13. The summed E-state index contributed by atoms with van der Waals surface area (Å²) in [4.78, 5) is 0. The second kappa shape index (κ2) is 8.13. The van der Waals surface area contributed by atoms with Gasteiger partial charge in [-0.15, -0.1) is 0 Å². The SMILES string of the molecule is CCNC(C)CCCCc1ccc(OC)cc1. The minimum absolute atomic E-state index is 0.649. The van der Waals surface area contributed by atoms with Crippen molar-refractivity contribution in [1.82, 2.24) is 5.32 Å². The molecule has 1 aromatic rings. The second-order valence-electron chi connectivity index (χ2n) is 4.55. The Kier molecular flexibility index (Phi) is 6.71. The number of hydrogen-bond donors (Lipinski definition) is 1. The van der Waals surface area contributed by atoms with Crippen molar-refractivity contribution in [2.45, 2.75) is 45.6 Å². The van der Waals surface area contributed by atoms with E-state index in [-0.39, 0.29) is 0 Å². The normalized spacial score (nSPS) is 12.4. The van der Waals surface area contributed by atoms with Gasteiger partial charge in [0, 0.05) is 6.04 Å². The highest BCUT2D eigenvalue weighted by atomic mass is 16.5. The van der Waals surface area contributed by atoms with Crippen molar-refractivity contribution in [1.29, 1.82) is 0 Å². The number of methoxy groups -OCH3 is 1. The Labute approximate surface area is 105 Å². The average Bonchev–Trinajstić information content (AvgIpc) is 2.36. The maximum atomic E-state index is 5.14. The summed E-state index contributed by atoms with van der Waals surface area (Å²) in [6.07, 6.45) is 5.00. The van der Waals surface area contributed by atoms with Gasteiger partial charge in [-0.25, -0.2) is 0 Å². The summed E-state index contributed by atoms with van der Waals surface area (Å²) >= 11 is 0. The summed E-state index contributed by atoms with van der Waals surface area (Å²) in [5.74, 6) is 0.939. The zero-order valence-corrected chi connectivity index (χ0v) is 11.3. The topological polar surface area (TPSA) is 21.3 Å². The summed E-state index contributed by atoms with van der Waals surface area (Å²) in [7, 11) is 1.71. The molecule has 0 saturated carbocycles. The third-order valence-electron chi connectivity index (χ3n) is 3.06. The molecule has 1 N–H and O–H groups in total. The predicted octanol–water partition coefficient (Wildman–Crippen LogP) is 3.41. The number of benzene rings is 1. The van der Waals surface area contributed by atoms with Gasteiger partial charge in [0.25, 0.3) is 0 Å². The number of nitrogens with one attached hydrogen (secondary N) is 1. The van der Waals surface area contributed by atoms with Crippen LogP contribution in [-0.2, 0) is 6.42 Å². The lowest BCUT2D eigenvalue weighted by Gasteiger charge is -2.11. The van der Waals surface area contributed by atoms with Crippen LogP contribution in [0.15, 0.2) is 24.3 Å². The molecule has 1 atom stereocenters. The first kappa shape index (κ1) is 14.0. The van der Waals surface area contributed by atoms with Crippen LogP contribution in [0.5, 0.6) is 5.75 Å². The van der Waals surface area contributed by atoms with E-state index in [0.29, 0.717) is 6.04 Å². The smallest absolute Gasteiger partial charge is 0.118 e. The van der Waals surface area contributed by atoms with Crippen molar-refractivity contribution in [3.8, 4) is 5.75 Å². The molecule has 0 aliphatic carbocycles. The van der Waals surface area contributed by atoms with Crippen LogP contribution in [0.4, 0.5) is 0 Å². The number of hydrogen-bond acceptors (Lipinski definition) is 2. The molecule has 1 unspecified atom stereocenters. The van der Waals surface area contributed by atoms with Crippen molar-refractivity contribution in [2.24, 2.45) is 0 Å². The quantitative estimate of drug-likeness (QED) is 0.697. The lowest BCUT2D eigenvalue weighted by Crippen LogP contribution is -2.25. The zero-order valence-electron chi connectivity index (χ0n) is 11.3. The molecule has 0 aliphatic rings. The van der Waals surface area contributed by atoms with Gasteiger partial charge in [-0.1, -0.05) is 25.5 Å². The molecule has 96 valence electrons. The van der Waals surface area contributed by atoms with Gasteiger partial charge >= 0.3 is 0 Å². The molecule has 0 aliphatic heterocycles. The van der Waals surface area contributed by atoms with Crippen LogP contribution < -0.4 is 10.1 Å². The van der Waals surface area contributed by atoms with Crippen LogP contribution in [0.2, 0.25) is 0 Å². The first-order valence-corrected chi connectivity index (χ1v) is 6.62. The molecule has 17 heavy (non-hydrogen) atoms. The Morgan fingerprint density at radius 2 is 1.88 bits per heavy atom. The summed E-state index contributed by atoms with van der Waals surface area (Å²) in [5.41, 5.74) is 1.40. The lowest BCUT2D eigenvalue weighted by atomic mass is 10.0. The van der Waals surface area contributed by atoms with E-state index >= 15 is 0 Å². The van der Waals surface area contributed by atoms with Crippen LogP contribution in [0, 0.1) is 0 Å². The second-order valence-corrected chi connectivity index (χ2v) is 4.55. The molecular weight excluding hydrogens is 210 g/mol. The molecule has 0 bridgehead atoms. The van der Waals surface area contributed by atoms with E-state index < -0.39 is 0 Å². The predicted molar refractivity (Wildman–Crippen MR) is 73.7 cm³/mol. The minimum Gasteiger partial charge on any atom is -0.497 e. The van der Waals surface area contributed by atoms with E-state index in [0.717, 1.165) is 12.3 Å². The molecule has 2 nitrogen and oxygen atoms in total. The lowest BCUT2D eigenvalue weighted by molar-refractivity contribution is 0.414. The molecule has 0 fully saturated rings. The third kappa shape index (κ3) is 5.73. The highest BCUT2D eigenvalue weighted by molar-refractivity contribution is 5.27. The average molecular weight is 235 g/mol. The van der Waals surface area contributed by atoms with Crippen LogP contribution in [0.25, 0.3) is 0 Å². The molecule has 1 aromatic carbocycles. The van der Waals surface area contributed by atoms with Crippen molar-refractivity contribution in [2.75, 3.05) is 13.7 Å². The third-order valence-corrected chi connectivity index (χ3v) is 3.06. The van der Waals surface area contributed by atoms with Crippen molar-refractivity contribution >= 4 is 0 Å². The van der Waals surface area contributed by atoms with E-state index in [1.54, 1.807) is 7.11 Å². The zero-order chi connectivity index (χ0) is 12.5. The van der Waals surface area contributed by atoms with Crippen LogP contribution in [-0.4, -0.2) is 19.7 Å². The Balaban J connectivity index is 2.17. The van der Waals surface area contributed by atoms with Gasteiger partial charge in [0.2, 0.25) is 0 Å². The Morgan fingerprint density at radius 1 is 1.18 bits per heavy atom. The molecule has 0 radical (unpaired) electrons. The largest absolute Gasteiger partial charge is 0.497 e. The fourth-order valence-electron chi connectivity index (χ4n) is 2.02. The van der Waals surface area contributed by atoms with Crippen molar-refractivity contribution < 1.29 is 4.74 Å². The maximum absolute atomic E-state index is 5.14. The van der Waals surface area contributed by atoms with Gasteiger partial charge in [-0.05, 0) is 50.4 Å². The summed E-state index contributed by atoms with van der Waals surface area (Å²) < 4.78 is 5.14. The Hall–Kier alpha value is -1.02. The fraction of sp³-hybridized carbons (Fsp3) is 0.600. The summed E-state index contributed by atoms with van der Waals surface area (Å²) in [6.45, 7) is 5.49. The highest BCUT2D eigenvalue weighted by Gasteiger charge is 2.00. The Bertz CT molecular complexity index is 294. The van der Waals surface area contributed by atoms with E-state index in [9.17, 15) is 0 Å². The first-order chi connectivity index (χ1) is 8.26. The molecule has 2 heteroatoms.